The third kappa shape index (κ3) is 3.21. The molecule has 0 amide bonds. The van der Waals surface area contributed by atoms with Crippen LogP contribution >= 0.6 is 11.3 Å². The molecule has 38 heavy (non-hydrogen) atoms. The predicted molar refractivity (Wildman–Crippen MR) is 160 cm³/mol. The van der Waals surface area contributed by atoms with Gasteiger partial charge in [-0.1, -0.05) is 115 Å². The maximum Gasteiger partial charge on any atom is 0.169 e. The van der Waals surface area contributed by atoms with Crippen molar-refractivity contribution >= 4 is 47.9 Å². The van der Waals surface area contributed by atoms with Crippen LogP contribution in [0, 0.1) is 0 Å². The first-order valence-electron chi connectivity index (χ1n) is 12.7. The third-order valence-corrected chi connectivity index (χ3v) is 8.58. The van der Waals surface area contributed by atoms with Gasteiger partial charge in [-0.2, -0.15) is 0 Å². The van der Waals surface area contributed by atoms with Gasteiger partial charge >= 0.3 is 0 Å². The molecule has 0 bridgehead atoms. The highest BCUT2D eigenvalue weighted by atomic mass is 32.1. The molecule has 3 nitrogen and oxygen atoms in total. The van der Waals surface area contributed by atoms with E-state index in [0.717, 1.165) is 22.4 Å². The average molecular weight is 504 g/mol. The van der Waals surface area contributed by atoms with Crippen molar-refractivity contribution < 1.29 is 0 Å². The van der Waals surface area contributed by atoms with Crippen molar-refractivity contribution in [3.63, 3.8) is 0 Å². The SMILES string of the molecule is c1ccc(-c2cn3c(-c4ccc(-c5cccc6c5sc5ccccc56)cc4)nnc3c3ccccc23)cc1. The van der Waals surface area contributed by atoms with Crippen molar-refractivity contribution in [3.8, 4) is 33.6 Å². The zero-order valence-electron chi connectivity index (χ0n) is 20.4. The lowest BCUT2D eigenvalue weighted by Crippen LogP contribution is -1.93. The van der Waals surface area contributed by atoms with Gasteiger partial charge in [0.2, 0.25) is 0 Å². The molecule has 8 rings (SSSR count). The highest BCUT2D eigenvalue weighted by molar-refractivity contribution is 7.26. The Kier molecular flexibility index (Phi) is 4.69. The maximum absolute atomic E-state index is 4.65. The molecular weight excluding hydrogens is 482 g/mol. The van der Waals surface area contributed by atoms with E-state index in [4.69, 9.17) is 0 Å². The Morgan fingerprint density at radius 1 is 0.474 bits per heavy atom. The molecule has 4 heteroatoms. The van der Waals surface area contributed by atoms with Gasteiger partial charge in [0.15, 0.2) is 11.5 Å². The molecule has 0 aliphatic carbocycles. The van der Waals surface area contributed by atoms with Gasteiger partial charge in [-0.15, -0.1) is 21.5 Å². The molecule has 0 spiro atoms. The van der Waals surface area contributed by atoms with Crippen LogP contribution in [0.15, 0.2) is 128 Å². The van der Waals surface area contributed by atoms with Crippen LogP contribution in [0.3, 0.4) is 0 Å². The van der Waals surface area contributed by atoms with Crippen LogP contribution in [-0.4, -0.2) is 14.6 Å². The van der Waals surface area contributed by atoms with E-state index in [1.807, 2.05) is 11.3 Å². The van der Waals surface area contributed by atoms with Crippen molar-refractivity contribution in [1.82, 2.24) is 14.6 Å². The highest BCUT2D eigenvalue weighted by Crippen LogP contribution is 2.40. The van der Waals surface area contributed by atoms with Gasteiger partial charge in [-0.25, -0.2) is 0 Å². The second-order valence-corrected chi connectivity index (χ2v) is 10.6. The third-order valence-electron chi connectivity index (χ3n) is 7.36. The number of hydrogen-bond donors (Lipinski definition) is 0. The summed E-state index contributed by atoms with van der Waals surface area (Å²) in [5.41, 5.74) is 6.72. The summed E-state index contributed by atoms with van der Waals surface area (Å²) in [6.07, 6.45) is 2.17. The first kappa shape index (κ1) is 21.3. The zero-order valence-corrected chi connectivity index (χ0v) is 21.2. The van der Waals surface area contributed by atoms with Crippen molar-refractivity contribution in [3.05, 3.63) is 128 Å². The summed E-state index contributed by atoms with van der Waals surface area (Å²) in [6.45, 7) is 0. The van der Waals surface area contributed by atoms with Crippen molar-refractivity contribution in [1.29, 1.82) is 0 Å². The maximum atomic E-state index is 4.65. The van der Waals surface area contributed by atoms with E-state index in [0.29, 0.717) is 0 Å². The van der Waals surface area contributed by atoms with Gasteiger partial charge in [0, 0.05) is 42.9 Å². The van der Waals surface area contributed by atoms with Gasteiger partial charge < -0.3 is 0 Å². The molecule has 0 N–H and O–H groups in total. The molecule has 3 heterocycles. The first-order chi connectivity index (χ1) is 18.8. The molecule has 3 aromatic heterocycles. The fourth-order valence-electron chi connectivity index (χ4n) is 5.53. The van der Waals surface area contributed by atoms with E-state index in [9.17, 15) is 0 Å². The molecular formula is C34H21N3S. The molecule has 0 saturated carbocycles. The van der Waals surface area contributed by atoms with E-state index in [1.54, 1.807) is 0 Å². The summed E-state index contributed by atoms with van der Waals surface area (Å²) in [5, 5.41) is 14.2. The molecule has 178 valence electrons. The molecule has 0 atom stereocenters. The minimum absolute atomic E-state index is 0.842. The highest BCUT2D eigenvalue weighted by Gasteiger charge is 2.15. The monoisotopic (exact) mass is 503 g/mol. The number of aromatic nitrogens is 3. The largest absolute Gasteiger partial charge is 0.281 e. The van der Waals surface area contributed by atoms with E-state index < -0.39 is 0 Å². The van der Waals surface area contributed by atoms with Gasteiger partial charge in [-0.05, 0) is 28.1 Å². The second kappa shape index (κ2) is 8.37. The second-order valence-electron chi connectivity index (χ2n) is 9.53. The molecule has 0 radical (unpaired) electrons. The molecule has 0 saturated heterocycles. The van der Waals surface area contributed by atoms with E-state index in [2.05, 4.69) is 142 Å². The fourth-order valence-corrected chi connectivity index (χ4v) is 6.77. The van der Waals surface area contributed by atoms with E-state index >= 15 is 0 Å². The van der Waals surface area contributed by atoms with Gasteiger partial charge in [0.1, 0.15) is 0 Å². The standard InChI is InChI=1S/C34H21N3S/c1-2-9-22(10-3-1)30-21-37-33(35-36-34(37)29-13-5-4-11-26(29)30)24-19-17-23(18-20-24)25-14-8-15-28-27-12-6-7-16-31(27)38-32(25)28/h1-21H. The minimum atomic E-state index is 0.842. The number of thiophene rings is 1. The topological polar surface area (TPSA) is 30.2 Å². The average Bonchev–Trinajstić information content (AvgIpc) is 3.59. The summed E-state index contributed by atoms with van der Waals surface area (Å²) >= 11 is 1.86. The summed E-state index contributed by atoms with van der Waals surface area (Å²) < 4.78 is 4.78. The number of pyridine rings is 1. The Bertz CT molecular complexity index is 2120. The Labute approximate surface area is 223 Å². The molecule has 0 unspecified atom stereocenters. The van der Waals surface area contributed by atoms with Gasteiger partial charge in [0.25, 0.3) is 0 Å². The van der Waals surface area contributed by atoms with Crippen LogP contribution in [0.25, 0.3) is 70.2 Å². The van der Waals surface area contributed by atoms with Crippen LogP contribution in [0.1, 0.15) is 0 Å². The number of hydrogen-bond acceptors (Lipinski definition) is 3. The number of fused-ring (bicyclic) bond motifs is 6. The fraction of sp³-hybridized carbons (Fsp3) is 0. The summed E-state index contributed by atoms with van der Waals surface area (Å²) in [6, 6.07) is 42.9. The van der Waals surface area contributed by atoms with Gasteiger partial charge in [0.05, 0.1) is 0 Å². The summed E-state index contributed by atoms with van der Waals surface area (Å²) in [4.78, 5) is 0. The quantitative estimate of drug-likeness (QED) is 0.240. The number of rotatable bonds is 3. The Morgan fingerprint density at radius 3 is 1.97 bits per heavy atom. The Morgan fingerprint density at radius 2 is 1.13 bits per heavy atom. The van der Waals surface area contributed by atoms with Crippen molar-refractivity contribution in [2.24, 2.45) is 0 Å². The van der Waals surface area contributed by atoms with Crippen LogP contribution < -0.4 is 0 Å². The predicted octanol–water partition coefficient (Wildman–Crippen LogP) is 9.25. The lowest BCUT2D eigenvalue weighted by Gasteiger charge is -2.10. The van der Waals surface area contributed by atoms with Crippen molar-refractivity contribution in [2.45, 2.75) is 0 Å². The normalized spacial score (nSPS) is 11.7. The first-order valence-corrected chi connectivity index (χ1v) is 13.5. The molecule has 0 aliphatic rings. The molecule has 0 aliphatic heterocycles. The molecule has 0 fully saturated rings. The summed E-state index contributed by atoms with van der Waals surface area (Å²) in [5.74, 6) is 0.842. The number of nitrogens with zero attached hydrogens (tertiary/aromatic N) is 3. The van der Waals surface area contributed by atoms with E-state index in [-0.39, 0.29) is 0 Å². The van der Waals surface area contributed by atoms with Gasteiger partial charge in [-0.3, -0.25) is 4.40 Å². The molecule has 8 aromatic rings. The van der Waals surface area contributed by atoms with E-state index in [1.165, 1.54) is 47.8 Å². The smallest absolute Gasteiger partial charge is 0.169 e. The molecule has 5 aromatic carbocycles. The van der Waals surface area contributed by atoms with Crippen LogP contribution in [0.4, 0.5) is 0 Å². The van der Waals surface area contributed by atoms with Crippen LogP contribution in [0.5, 0.6) is 0 Å². The lowest BCUT2D eigenvalue weighted by molar-refractivity contribution is 1.11. The van der Waals surface area contributed by atoms with Crippen molar-refractivity contribution in [2.75, 3.05) is 0 Å². The van der Waals surface area contributed by atoms with Crippen LogP contribution in [0.2, 0.25) is 0 Å². The minimum Gasteiger partial charge on any atom is -0.281 e. The number of benzene rings is 5. The Hall–Kier alpha value is -4.80. The zero-order chi connectivity index (χ0) is 25.1. The lowest BCUT2D eigenvalue weighted by atomic mass is 10.00. The Balaban J connectivity index is 1.28. The van der Waals surface area contributed by atoms with Crippen LogP contribution in [-0.2, 0) is 0 Å². The summed E-state index contributed by atoms with van der Waals surface area (Å²) in [7, 11) is 0.